The Labute approximate surface area is 122 Å². The molecule has 2 rings (SSSR count). The molecule has 2 N–H and O–H groups in total. The first-order chi connectivity index (χ1) is 9.76. The highest BCUT2D eigenvalue weighted by molar-refractivity contribution is 5.57. The summed E-state index contributed by atoms with van der Waals surface area (Å²) >= 11 is 0. The van der Waals surface area contributed by atoms with Gasteiger partial charge in [0.1, 0.15) is 18.0 Å². The van der Waals surface area contributed by atoms with Crippen molar-refractivity contribution in [1.82, 2.24) is 14.9 Å². The van der Waals surface area contributed by atoms with E-state index in [1.165, 1.54) is 37.9 Å². The Balaban J connectivity index is 1.96. The highest BCUT2D eigenvalue weighted by Crippen LogP contribution is 2.20. The van der Waals surface area contributed by atoms with Crippen molar-refractivity contribution in [2.45, 2.75) is 45.6 Å². The van der Waals surface area contributed by atoms with Gasteiger partial charge >= 0.3 is 0 Å². The number of hydrogen-bond donors (Lipinski definition) is 2. The van der Waals surface area contributed by atoms with Crippen molar-refractivity contribution in [2.75, 3.05) is 37.3 Å². The molecule has 0 bridgehead atoms. The zero-order chi connectivity index (χ0) is 14.4. The lowest BCUT2D eigenvalue weighted by Gasteiger charge is -2.32. The lowest BCUT2D eigenvalue weighted by atomic mass is 10.1. The fourth-order valence-electron chi connectivity index (χ4n) is 2.85. The smallest absolute Gasteiger partial charge is 0.134 e. The van der Waals surface area contributed by atoms with Gasteiger partial charge in [-0.15, -0.1) is 0 Å². The standard InChI is InChI=1S/C15H27N5/c1-4-13-14(16-3)18-11-19-15(13)17-10-12(2)20-8-6-5-7-9-20/h11-12H,4-10H2,1-3H3,(H2,16,17,18,19). The highest BCUT2D eigenvalue weighted by Gasteiger charge is 2.17. The Bertz CT molecular complexity index is 415. The van der Waals surface area contributed by atoms with Crippen molar-refractivity contribution in [3.05, 3.63) is 11.9 Å². The molecule has 1 aromatic rings. The molecule has 1 aromatic heterocycles. The monoisotopic (exact) mass is 277 g/mol. The number of anilines is 2. The fourth-order valence-corrected chi connectivity index (χ4v) is 2.85. The lowest BCUT2D eigenvalue weighted by Crippen LogP contribution is -2.41. The van der Waals surface area contributed by atoms with E-state index in [9.17, 15) is 0 Å². The maximum atomic E-state index is 4.39. The number of likely N-dealkylation sites (tertiary alicyclic amines) is 1. The van der Waals surface area contributed by atoms with Crippen LogP contribution in [0.3, 0.4) is 0 Å². The second kappa shape index (κ2) is 7.43. The van der Waals surface area contributed by atoms with Gasteiger partial charge < -0.3 is 10.6 Å². The third kappa shape index (κ3) is 3.60. The second-order valence-corrected chi connectivity index (χ2v) is 5.48. The first kappa shape index (κ1) is 15.0. The van der Waals surface area contributed by atoms with Gasteiger partial charge in [0.15, 0.2) is 0 Å². The topological polar surface area (TPSA) is 53.1 Å². The summed E-state index contributed by atoms with van der Waals surface area (Å²) in [5.74, 6) is 1.89. The summed E-state index contributed by atoms with van der Waals surface area (Å²) in [5, 5.41) is 6.64. The van der Waals surface area contributed by atoms with Crippen LogP contribution in [0.5, 0.6) is 0 Å². The van der Waals surface area contributed by atoms with Crippen molar-refractivity contribution in [3.8, 4) is 0 Å². The van der Waals surface area contributed by atoms with Crippen LogP contribution in [-0.4, -0.2) is 47.6 Å². The van der Waals surface area contributed by atoms with Crippen LogP contribution in [0.25, 0.3) is 0 Å². The molecule has 0 spiro atoms. The summed E-state index contributed by atoms with van der Waals surface area (Å²) in [6, 6.07) is 0.549. The Kier molecular flexibility index (Phi) is 5.59. The van der Waals surface area contributed by atoms with Gasteiger partial charge in [0.05, 0.1) is 0 Å². The minimum atomic E-state index is 0.549. The van der Waals surface area contributed by atoms with Crippen molar-refractivity contribution >= 4 is 11.6 Å². The molecule has 1 unspecified atom stereocenters. The molecular formula is C15H27N5. The molecule has 2 heterocycles. The van der Waals surface area contributed by atoms with E-state index in [1.54, 1.807) is 6.33 Å². The largest absolute Gasteiger partial charge is 0.373 e. The quantitative estimate of drug-likeness (QED) is 0.836. The van der Waals surface area contributed by atoms with Crippen LogP contribution < -0.4 is 10.6 Å². The number of nitrogens with one attached hydrogen (secondary N) is 2. The van der Waals surface area contributed by atoms with Gasteiger partial charge in [-0.1, -0.05) is 13.3 Å². The van der Waals surface area contributed by atoms with Gasteiger partial charge in [-0.05, 0) is 39.3 Å². The Morgan fingerprint density at radius 1 is 1.20 bits per heavy atom. The Morgan fingerprint density at radius 2 is 1.90 bits per heavy atom. The van der Waals surface area contributed by atoms with Gasteiger partial charge in [-0.3, -0.25) is 4.90 Å². The van der Waals surface area contributed by atoms with Gasteiger partial charge in [0.2, 0.25) is 0 Å². The molecule has 5 heteroatoms. The summed E-state index contributed by atoms with van der Waals surface area (Å²) in [5.41, 5.74) is 1.17. The van der Waals surface area contributed by atoms with Crippen molar-refractivity contribution in [3.63, 3.8) is 0 Å². The molecule has 1 atom stereocenters. The van der Waals surface area contributed by atoms with E-state index in [2.05, 4.69) is 39.3 Å². The van der Waals surface area contributed by atoms with Gasteiger partial charge in [0, 0.05) is 25.2 Å². The summed E-state index contributed by atoms with van der Waals surface area (Å²) in [6.45, 7) is 7.83. The molecule has 5 nitrogen and oxygen atoms in total. The molecule has 0 aromatic carbocycles. The number of piperidine rings is 1. The second-order valence-electron chi connectivity index (χ2n) is 5.48. The molecule has 1 aliphatic rings. The Hall–Kier alpha value is -1.36. The third-order valence-corrected chi connectivity index (χ3v) is 4.11. The first-order valence-electron chi connectivity index (χ1n) is 7.75. The van der Waals surface area contributed by atoms with Gasteiger partial charge in [-0.25, -0.2) is 9.97 Å². The van der Waals surface area contributed by atoms with Crippen molar-refractivity contribution in [2.24, 2.45) is 0 Å². The minimum Gasteiger partial charge on any atom is -0.373 e. The van der Waals surface area contributed by atoms with Crippen LogP contribution in [0.4, 0.5) is 11.6 Å². The summed E-state index contributed by atoms with van der Waals surface area (Å²) in [4.78, 5) is 11.2. The van der Waals surface area contributed by atoms with Gasteiger partial charge in [0.25, 0.3) is 0 Å². The molecule has 0 aliphatic carbocycles. The molecule has 1 fully saturated rings. The lowest BCUT2D eigenvalue weighted by molar-refractivity contribution is 0.180. The van der Waals surface area contributed by atoms with Crippen LogP contribution in [0, 0.1) is 0 Å². The third-order valence-electron chi connectivity index (χ3n) is 4.11. The van der Waals surface area contributed by atoms with E-state index >= 15 is 0 Å². The predicted octanol–water partition coefficient (Wildman–Crippen LogP) is 2.37. The molecule has 0 amide bonds. The molecule has 112 valence electrons. The molecule has 1 saturated heterocycles. The normalized spacial score (nSPS) is 17.8. The molecule has 1 aliphatic heterocycles. The Morgan fingerprint density at radius 3 is 2.55 bits per heavy atom. The van der Waals surface area contributed by atoms with Crippen LogP contribution in [0.2, 0.25) is 0 Å². The van der Waals surface area contributed by atoms with E-state index in [-0.39, 0.29) is 0 Å². The van der Waals surface area contributed by atoms with E-state index in [0.29, 0.717) is 6.04 Å². The summed E-state index contributed by atoms with van der Waals surface area (Å²) in [6.07, 6.45) is 6.61. The highest BCUT2D eigenvalue weighted by atomic mass is 15.2. The maximum Gasteiger partial charge on any atom is 0.134 e. The van der Waals surface area contributed by atoms with Gasteiger partial charge in [-0.2, -0.15) is 0 Å². The van der Waals surface area contributed by atoms with Crippen LogP contribution in [0.15, 0.2) is 6.33 Å². The molecule has 0 saturated carbocycles. The zero-order valence-corrected chi connectivity index (χ0v) is 12.9. The first-order valence-corrected chi connectivity index (χ1v) is 7.75. The summed E-state index contributed by atoms with van der Waals surface area (Å²) in [7, 11) is 1.90. The van der Waals surface area contributed by atoms with Crippen molar-refractivity contribution < 1.29 is 0 Å². The predicted molar refractivity (Wildman–Crippen MR) is 84.3 cm³/mol. The number of hydrogen-bond acceptors (Lipinski definition) is 5. The van der Waals surface area contributed by atoms with Crippen molar-refractivity contribution in [1.29, 1.82) is 0 Å². The molecule has 0 radical (unpaired) electrons. The zero-order valence-electron chi connectivity index (χ0n) is 12.9. The SMILES string of the molecule is CCc1c(NC)ncnc1NCC(C)N1CCCCC1. The number of rotatable bonds is 6. The van der Waals surface area contributed by atoms with E-state index in [0.717, 1.165) is 24.6 Å². The molecular weight excluding hydrogens is 250 g/mol. The minimum absolute atomic E-state index is 0.549. The van der Waals surface area contributed by atoms with Crippen LogP contribution in [-0.2, 0) is 6.42 Å². The molecule has 20 heavy (non-hydrogen) atoms. The van der Waals surface area contributed by atoms with E-state index in [4.69, 9.17) is 0 Å². The van der Waals surface area contributed by atoms with Crippen LogP contribution in [0.1, 0.15) is 38.7 Å². The average molecular weight is 277 g/mol. The average Bonchev–Trinajstić information content (AvgIpc) is 2.52. The summed E-state index contributed by atoms with van der Waals surface area (Å²) < 4.78 is 0. The van der Waals surface area contributed by atoms with E-state index < -0.39 is 0 Å². The number of nitrogens with zero attached hydrogens (tertiary/aromatic N) is 3. The van der Waals surface area contributed by atoms with E-state index in [1.807, 2.05) is 7.05 Å². The van der Waals surface area contributed by atoms with Crippen LogP contribution >= 0.6 is 0 Å². The number of aromatic nitrogens is 2. The maximum absolute atomic E-state index is 4.39. The fraction of sp³-hybridized carbons (Fsp3) is 0.733.